The number of benzene rings is 1. The van der Waals surface area contributed by atoms with Crippen LogP contribution >= 0.6 is 11.3 Å². The summed E-state index contributed by atoms with van der Waals surface area (Å²) in [5, 5.41) is 5.59. The van der Waals surface area contributed by atoms with Crippen molar-refractivity contribution in [3.8, 4) is 10.6 Å². The maximum atomic E-state index is 12.3. The normalized spacial score (nSPS) is 14.5. The van der Waals surface area contributed by atoms with Crippen molar-refractivity contribution < 1.29 is 9.59 Å². The number of likely N-dealkylation sites (tertiary alicyclic amines) is 1. The van der Waals surface area contributed by atoms with Gasteiger partial charge in [0.15, 0.2) is 0 Å². The number of carbonyl (C=O) groups is 2. The van der Waals surface area contributed by atoms with Gasteiger partial charge in [-0.1, -0.05) is 12.1 Å². The van der Waals surface area contributed by atoms with Gasteiger partial charge >= 0.3 is 0 Å². The van der Waals surface area contributed by atoms with Crippen LogP contribution < -0.4 is 5.32 Å². The SMILES string of the molecule is CC(=O)Nc1cccc(-c2nc(CC(=O)N3CCCCC3)cs2)c1. The van der Waals surface area contributed by atoms with E-state index in [1.165, 1.54) is 24.7 Å². The van der Waals surface area contributed by atoms with Crippen molar-refractivity contribution >= 4 is 28.8 Å². The maximum absolute atomic E-state index is 12.3. The Kier molecular flexibility index (Phi) is 5.25. The van der Waals surface area contributed by atoms with Crippen LogP contribution in [0.3, 0.4) is 0 Å². The third-order valence-electron chi connectivity index (χ3n) is 4.02. The lowest BCUT2D eigenvalue weighted by molar-refractivity contribution is -0.131. The summed E-state index contributed by atoms with van der Waals surface area (Å²) >= 11 is 1.52. The number of carbonyl (C=O) groups excluding carboxylic acids is 2. The van der Waals surface area contributed by atoms with Crippen molar-refractivity contribution in [3.05, 3.63) is 35.3 Å². The van der Waals surface area contributed by atoms with Gasteiger partial charge in [0.25, 0.3) is 0 Å². The minimum Gasteiger partial charge on any atom is -0.342 e. The number of nitrogens with one attached hydrogen (secondary N) is 1. The van der Waals surface area contributed by atoms with Gasteiger partial charge in [-0.05, 0) is 31.4 Å². The van der Waals surface area contributed by atoms with Crippen LogP contribution in [0.25, 0.3) is 10.6 Å². The molecular weight excluding hydrogens is 322 g/mol. The summed E-state index contributed by atoms with van der Waals surface area (Å²) in [6, 6.07) is 7.59. The van der Waals surface area contributed by atoms with Crippen LogP contribution in [0.5, 0.6) is 0 Å². The number of hydrogen-bond acceptors (Lipinski definition) is 4. The summed E-state index contributed by atoms with van der Waals surface area (Å²) in [6.07, 6.45) is 3.78. The fourth-order valence-electron chi connectivity index (χ4n) is 2.86. The Hall–Kier alpha value is -2.21. The highest BCUT2D eigenvalue weighted by atomic mass is 32.1. The summed E-state index contributed by atoms with van der Waals surface area (Å²) in [5.41, 5.74) is 2.51. The van der Waals surface area contributed by atoms with E-state index in [-0.39, 0.29) is 11.8 Å². The third-order valence-corrected chi connectivity index (χ3v) is 4.96. The molecule has 5 nitrogen and oxygen atoms in total. The Morgan fingerprint density at radius 2 is 2.04 bits per heavy atom. The second kappa shape index (κ2) is 7.57. The third kappa shape index (κ3) is 4.20. The number of thiazole rings is 1. The largest absolute Gasteiger partial charge is 0.342 e. The van der Waals surface area contributed by atoms with E-state index in [1.807, 2.05) is 34.5 Å². The average Bonchev–Trinajstić information content (AvgIpc) is 3.04. The van der Waals surface area contributed by atoms with Gasteiger partial charge in [0.05, 0.1) is 12.1 Å². The summed E-state index contributed by atoms with van der Waals surface area (Å²) in [4.78, 5) is 30.0. The van der Waals surface area contributed by atoms with E-state index in [4.69, 9.17) is 0 Å². The first kappa shape index (κ1) is 16.6. The molecule has 24 heavy (non-hydrogen) atoms. The van der Waals surface area contributed by atoms with Gasteiger partial charge in [-0.25, -0.2) is 4.98 Å². The molecule has 2 amide bonds. The van der Waals surface area contributed by atoms with Crippen molar-refractivity contribution in [2.24, 2.45) is 0 Å². The number of amides is 2. The van der Waals surface area contributed by atoms with Gasteiger partial charge in [0.2, 0.25) is 11.8 Å². The Morgan fingerprint density at radius 3 is 2.79 bits per heavy atom. The van der Waals surface area contributed by atoms with E-state index in [0.29, 0.717) is 6.42 Å². The summed E-state index contributed by atoms with van der Waals surface area (Å²) in [5.74, 6) is 0.0673. The number of piperidine rings is 1. The van der Waals surface area contributed by atoms with Crippen LogP contribution in [0.1, 0.15) is 31.9 Å². The topological polar surface area (TPSA) is 62.3 Å². The van der Waals surface area contributed by atoms with Gasteiger partial charge in [-0.2, -0.15) is 0 Å². The minimum absolute atomic E-state index is 0.0980. The molecule has 2 heterocycles. The quantitative estimate of drug-likeness (QED) is 0.926. The van der Waals surface area contributed by atoms with E-state index in [2.05, 4.69) is 10.3 Å². The second-order valence-corrected chi connectivity index (χ2v) is 6.88. The number of rotatable bonds is 4. The second-order valence-electron chi connectivity index (χ2n) is 6.02. The summed E-state index contributed by atoms with van der Waals surface area (Å²) < 4.78 is 0. The van der Waals surface area contributed by atoms with Crippen LogP contribution in [-0.2, 0) is 16.0 Å². The van der Waals surface area contributed by atoms with Crippen molar-refractivity contribution in [3.63, 3.8) is 0 Å². The van der Waals surface area contributed by atoms with E-state index >= 15 is 0 Å². The highest BCUT2D eigenvalue weighted by Crippen LogP contribution is 2.26. The smallest absolute Gasteiger partial charge is 0.228 e. The Balaban J connectivity index is 1.69. The first-order chi connectivity index (χ1) is 11.6. The zero-order chi connectivity index (χ0) is 16.9. The first-order valence-corrected chi connectivity index (χ1v) is 9.10. The first-order valence-electron chi connectivity index (χ1n) is 8.22. The van der Waals surface area contributed by atoms with E-state index in [0.717, 1.165) is 47.9 Å². The molecule has 0 spiro atoms. The van der Waals surface area contributed by atoms with Crippen molar-refractivity contribution in [2.45, 2.75) is 32.6 Å². The van der Waals surface area contributed by atoms with E-state index < -0.39 is 0 Å². The molecule has 6 heteroatoms. The highest BCUT2D eigenvalue weighted by Gasteiger charge is 2.18. The molecule has 1 fully saturated rings. The Morgan fingerprint density at radius 1 is 1.25 bits per heavy atom. The summed E-state index contributed by atoms with van der Waals surface area (Å²) in [6.45, 7) is 3.23. The van der Waals surface area contributed by atoms with Crippen molar-refractivity contribution in [1.29, 1.82) is 0 Å². The predicted molar refractivity (Wildman–Crippen MR) is 96.0 cm³/mol. The number of anilines is 1. The lowest BCUT2D eigenvalue weighted by Gasteiger charge is -2.26. The van der Waals surface area contributed by atoms with Crippen LogP contribution in [-0.4, -0.2) is 34.8 Å². The predicted octanol–water partition coefficient (Wildman–Crippen LogP) is 3.32. The van der Waals surface area contributed by atoms with Crippen LogP contribution in [0.15, 0.2) is 29.6 Å². The molecule has 3 rings (SSSR count). The molecule has 0 unspecified atom stereocenters. The molecule has 1 aromatic carbocycles. The zero-order valence-electron chi connectivity index (χ0n) is 13.7. The molecule has 126 valence electrons. The van der Waals surface area contributed by atoms with Crippen molar-refractivity contribution in [1.82, 2.24) is 9.88 Å². The number of nitrogens with zero attached hydrogens (tertiary/aromatic N) is 2. The van der Waals surface area contributed by atoms with Crippen LogP contribution in [0, 0.1) is 0 Å². The van der Waals surface area contributed by atoms with Gasteiger partial charge < -0.3 is 10.2 Å². The molecule has 0 bridgehead atoms. The van der Waals surface area contributed by atoms with Gasteiger partial charge in [-0.3, -0.25) is 9.59 Å². The van der Waals surface area contributed by atoms with E-state index in [9.17, 15) is 9.59 Å². The average molecular weight is 343 g/mol. The maximum Gasteiger partial charge on any atom is 0.228 e. The van der Waals surface area contributed by atoms with Gasteiger partial charge in [0.1, 0.15) is 5.01 Å². The Bertz CT molecular complexity index is 735. The van der Waals surface area contributed by atoms with Crippen molar-refractivity contribution in [2.75, 3.05) is 18.4 Å². The molecule has 1 saturated heterocycles. The molecule has 2 aromatic rings. The minimum atomic E-state index is -0.0980. The van der Waals surface area contributed by atoms with E-state index in [1.54, 1.807) is 0 Å². The monoisotopic (exact) mass is 343 g/mol. The molecular formula is C18H21N3O2S. The standard InChI is InChI=1S/C18H21N3O2S/c1-13(22)19-15-7-5-6-14(10-15)18-20-16(12-24-18)11-17(23)21-8-3-2-4-9-21/h5-7,10,12H,2-4,8-9,11H2,1H3,(H,19,22). The van der Waals surface area contributed by atoms with Gasteiger partial charge in [0, 0.05) is 36.6 Å². The number of aromatic nitrogens is 1. The highest BCUT2D eigenvalue weighted by molar-refractivity contribution is 7.13. The zero-order valence-corrected chi connectivity index (χ0v) is 14.6. The molecule has 1 aliphatic rings. The molecule has 1 N–H and O–H groups in total. The van der Waals surface area contributed by atoms with Gasteiger partial charge in [-0.15, -0.1) is 11.3 Å². The molecule has 0 radical (unpaired) electrons. The van der Waals surface area contributed by atoms with Crippen LogP contribution in [0.4, 0.5) is 5.69 Å². The Labute approximate surface area is 145 Å². The van der Waals surface area contributed by atoms with Crippen LogP contribution in [0.2, 0.25) is 0 Å². The summed E-state index contributed by atoms with van der Waals surface area (Å²) in [7, 11) is 0. The number of hydrogen-bond donors (Lipinski definition) is 1. The molecule has 1 aromatic heterocycles. The molecule has 0 saturated carbocycles. The lowest BCUT2D eigenvalue weighted by atomic mass is 10.1. The molecule has 0 aliphatic carbocycles. The molecule has 1 aliphatic heterocycles. The fourth-order valence-corrected chi connectivity index (χ4v) is 3.68. The fraction of sp³-hybridized carbons (Fsp3) is 0.389. The molecule has 0 atom stereocenters. The lowest BCUT2D eigenvalue weighted by Crippen LogP contribution is -2.36.